The van der Waals surface area contributed by atoms with Crippen molar-refractivity contribution in [3.8, 4) is 0 Å². The maximum atomic E-state index is 17.1. The lowest BCUT2D eigenvalue weighted by atomic mass is 9.38. The van der Waals surface area contributed by atoms with Crippen LogP contribution < -0.4 is 0 Å². The van der Waals surface area contributed by atoms with E-state index in [2.05, 4.69) is 90.6 Å². The molecule has 4 fully saturated rings. The van der Waals surface area contributed by atoms with E-state index >= 15 is 19.2 Å². The normalized spacial score (nSPS) is 28.3. The van der Waals surface area contributed by atoms with Gasteiger partial charge in [0.15, 0.2) is 10.8 Å². The number of nitrogens with zero attached hydrogens (tertiary/aromatic N) is 4. The van der Waals surface area contributed by atoms with Crippen molar-refractivity contribution < 1.29 is 82.0 Å². The molecule has 9 unspecified atom stereocenters. The number of hydrogen-bond acceptors (Lipinski definition) is 12. The number of carbonyl (C=O) groups excluding carboxylic acids is 4. The van der Waals surface area contributed by atoms with Gasteiger partial charge in [-0.15, -0.1) is 0 Å². The maximum absolute atomic E-state index is 17.1. The second kappa shape index (κ2) is 20.0. The minimum Gasteiger partial charge on any atom is -0.465 e. The van der Waals surface area contributed by atoms with Gasteiger partial charge in [-0.3, -0.25) is 28.3 Å². The average Bonchev–Trinajstić information content (AvgIpc) is 1.35. The number of carbonyl (C=O) groups is 4. The van der Waals surface area contributed by atoms with Gasteiger partial charge in [-0.25, -0.2) is 0 Å². The molecule has 0 amide bonds. The fourth-order valence-corrected chi connectivity index (χ4v) is 28.6. The Morgan fingerprint density at radius 3 is 1.62 bits per heavy atom. The first-order valence-electron chi connectivity index (χ1n) is 38.9. The van der Waals surface area contributed by atoms with Crippen LogP contribution in [-0.4, -0.2) is 214 Å². The monoisotopic (exact) mass is 1460 g/mol. The third-order valence-electron chi connectivity index (χ3n) is 30.2. The summed E-state index contributed by atoms with van der Waals surface area (Å²) in [5, 5.41) is 20.5. The largest absolute Gasteiger partial charge is 0.465 e. The molecule has 4 spiro atoms. The van der Waals surface area contributed by atoms with Crippen LogP contribution in [0.4, 0.5) is 0 Å². The number of esters is 4. The number of likely N-dealkylation sites (N-methyl/N-ethyl adjacent to an activating group) is 1. The van der Waals surface area contributed by atoms with E-state index in [0.29, 0.717) is 84.4 Å². The van der Waals surface area contributed by atoms with Gasteiger partial charge in [-0.1, -0.05) is 55.8 Å². The van der Waals surface area contributed by atoms with Gasteiger partial charge in [-0.05, 0) is 242 Å². The molecule has 0 saturated heterocycles. The van der Waals surface area contributed by atoms with E-state index < -0.39 is 82.0 Å². The SMILES string of the molecule is CCC[N+](C)(C)CCCCOC(=O)C1(C(=O)OCCCC[N+](C)(C)CCS(=O)(=O)O)C23CCc4cc5cc6c7c8c9c%10c%11c%12c%13c(cc%14ccc2c2c%15c%16c%17c(c4C%1613)c5c7c9c%17c%11c%15c%13c%142)C=C1CC2CC8(C=C6)C23C(C(=O)OCCCC[N+](C)(C)CCS(=O)(=O)O)(C(=O)OCC[N+](C)(C)CCC)C%103C1%12. The third kappa shape index (κ3) is 7.04. The van der Waals surface area contributed by atoms with E-state index in [1.54, 1.807) is 0 Å². The van der Waals surface area contributed by atoms with Crippen molar-refractivity contribution in [2.45, 2.75) is 118 Å². The van der Waals surface area contributed by atoms with Crippen molar-refractivity contribution in [2.75, 3.05) is 147 Å². The highest BCUT2D eigenvalue weighted by Crippen LogP contribution is 3.04. The van der Waals surface area contributed by atoms with Gasteiger partial charge in [0.05, 0.1) is 127 Å². The highest BCUT2D eigenvalue weighted by molar-refractivity contribution is 7.86. The Morgan fingerprint density at radius 2 is 1.01 bits per heavy atom. The van der Waals surface area contributed by atoms with Gasteiger partial charge in [0.25, 0.3) is 20.2 Å². The van der Waals surface area contributed by atoms with E-state index in [-0.39, 0.29) is 62.9 Å². The Hall–Kier alpha value is -7.14. The zero-order chi connectivity index (χ0) is 73.0. The fourth-order valence-electron chi connectivity index (χ4n) is 27.2. The lowest BCUT2D eigenvalue weighted by molar-refractivity contribution is -0.890. The minimum atomic E-state index is -4.18. The Morgan fingerprint density at radius 1 is 0.495 bits per heavy atom. The summed E-state index contributed by atoms with van der Waals surface area (Å²) >= 11 is 0. The van der Waals surface area contributed by atoms with Gasteiger partial charge >= 0.3 is 23.9 Å². The molecule has 0 radical (unpaired) electrons. The molecule has 11 aliphatic rings. The van der Waals surface area contributed by atoms with Crippen molar-refractivity contribution in [1.82, 2.24) is 0 Å². The Balaban J connectivity index is 0.810. The molecule has 10 aromatic carbocycles. The lowest BCUT2D eigenvalue weighted by Gasteiger charge is -2.64. The summed E-state index contributed by atoms with van der Waals surface area (Å²) in [5.74, 6) is -3.31. The number of rotatable bonds is 32. The zero-order valence-corrected chi connectivity index (χ0v) is 63.7. The predicted molar refractivity (Wildman–Crippen MR) is 406 cm³/mol. The molecule has 9 atom stereocenters. The Bertz CT molecular complexity index is 6030. The van der Waals surface area contributed by atoms with E-state index in [9.17, 15) is 25.9 Å². The van der Waals surface area contributed by atoms with Crippen molar-refractivity contribution >= 4 is 153 Å². The number of hydrogen-bond donors (Lipinski definition) is 2. The molecule has 21 rings (SSSR count). The van der Waals surface area contributed by atoms with Crippen LogP contribution in [0.1, 0.15) is 140 Å². The Kier molecular flexibility index (Phi) is 12.6. The molecule has 105 heavy (non-hydrogen) atoms. The van der Waals surface area contributed by atoms with Crippen molar-refractivity contribution in [3.63, 3.8) is 0 Å². The molecule has 2 N–H and O–H groups in total. The molecule has 0 bridgehead atoms. The van der Waals surface area contributed by atoms with Gasteiger partial charge in [0.2, 0.25) is 0 Å². The standard InChI is InChI=1S/C85H92N4O14S2/c1-11-25-86(3,4)27-13-16-33-100-75(90)83(76(91)101-34-17-14-28-88(7,8)31-37-104(94,95)96)80-24-22-47-41-48-40-46-21-23-79-44-51-43-50-42-49-39-45-19-20-52(80)57-53(45)58-54(49)65-68-61-60(58)66(57)73-67-62(61)63-59(55(48)64(67)70(47)81(73,80)83)56(46)72(79)69(63)74(68)82(71(50)65)84(85(51,79)82,78(93)103-36-30-87(5,6)26-12-2)77(92)102-35-18-15-29-89(9,10)32-38-105(97,98)99/h19-21,23,39-42,51,71H,11-18,22,24-38,43-44H2,1-10H3/q+2/p+2. The quantitative estimate of drug-likeness (QED) is 0.00587. The van der Waals surface area contributed by atoms with Crippen LogP contribution in [0.5, 0.6) is 0 Å². The summed E-state index contributed by atoms with van der Waals surface area (Å²) in [6, 6.07) is 11.7. The lowest BCUT2D eigenvalue weighted by Crippen LogP contribution is -2.62. The molecule has 546 valence electrons. The maximum Gasteiger partial charge on any atom is 0.325 e. The number of ether oxygens (including phenoxy) is 4. The second-order valence-electron chi connectivity index (χ2n) is 37.0. The van der Waals surface area contributed by atoms with Crippen molar-refractivity contribution in [3.05, 3.63) is 92.1 Å². The number of allylic oxidation sites excluding steroid dienone is 2. The van der Waals surface area contributed by atoms with Crippen LogP contribution in [0.2, 0.25) is 0 Å². The smallest absolute Gasteiger partial charge is 0.325 e. The second-order valence-corrected chi connectivity index (χ2v) is 40.2. The minimum absolute atomic E-state index is 0.0330. The summed E-state index contributed by atoms with van der Waals surface area (Å²) in [7, 11) is 8.21. The highest BCUT2D eigenvalue weighted by atomic mass is 32.2. The summed E-state index contributed by atoms with van der Waals surface area (Å²) in [4.78, 5) is 68.3. The van der Waals surface area contributed by atoms with Gasteiger partial charge in [-0.2, -0.15) is 16.8 Å². The fraction of sp³-hybridized carbons (Fsp3) is 0.529. The predicted octanol–water partition coefficient (Wildman–Crippen LogP) is 11.9. The molecular formula is C85H94N4O14S2+4. The van der Waals surface area contributed by atoms with Crippen LogP contribution in [0.15, 0.2) is 42.0 Å². The molecule has 0 aliphatic heterocycles. The van der Waals surface area contributed by atoms with Crippen molar-refractivity contribution in [2.24, 2.45) is 22.2 Å². The molecule has 0 heterocycles. The Labute approximate surface area is 611 Å². The molecule has 0 aromatic heterocycles. The summed E-state index contributed by atoms with van der Waals surface area (Å²) < 4.78 is 96.8. The highest BCUT2D eigenvalue weighted by Gasteiger charge is 3.08. The van der Waals surface area contributed by atoms with E-state index in [0.717, 1.165) is 170 Å². The topological polar surface area (TPSA) is 214 Å². The first-order chi connectivity index (χ1) is 49.8. The van der Waals surface area contributed by atoms with Gasteiger partial charge in [0, 0.05) is 27.6 Å². The first-order valence-corrected chi connectivity index (χ1v) is 42.2. The molecule has 20 heteroatoms. The van der Waals surface area contributed by atoms with E-state index in [4.69, 9.17) is 18.9 Å². The number of unbranched alkanes of at least 4 members (excludes halogenated alkanes) is 3. The third-order valence-corrected chi connectivity index (χ3v) is 31.6. The summed E-state index contributed by atoms with van der Waals surface area (Å²) in [6.07, 6.45) is 15.3. The van der Waals surface area contributed by atoms with Crippen LogP contribution in [0, 0.1) is 22.2 Å². The van der Waals surface area contributed by atoms with Crippen molar-refractivity contribution in [1.29, 1.82) is 0 Å². The number of quaternary nitrogens is 4. The molecular weight excluding hydrogens is 1370 g/mol. The average molecular weight is 1460 g/mol. The van der Waals surface area contributed by atoms with Crippen LogP contribution >= 0.6 is 0 Å². The van der Waals surface area contributed by atoms with Gasteiger partial charge in [0.1, 0.15) is 24.7 Å². The van der Waals surface area contributed by atoms with Crippen LogP contribution in [0.25, 0.3) is 109 Å². The van der Waals surface area contributed by atoms with Gasteiger partial charge < -0.3 is 36.9 Å². The molecule has 11 aliphatic carbocycles. The zero-order valence-electron chi connectivity index (χ0n) is 62.1. The molecule has 18 nitrogen and oxygen atoms in total. The van der Waals surface area contributed by atoms with E-state index in [1.165, 1.54) is 32.9 Å². The van der Waals surface area contributed by atoms with Crippen LogP contribution in [0.3, 0.4) is 0 Å². The number of benzene rings is 8. The molecule has 4 saturated carbocycles. The first kappa shape index (κ1) is 66.1. The molecule has 10 aromatic rings. The summed E-state index contributed by atoms with van der Waals surface area (Å²) in [5.41, 5.74) is 2.37. The number of aryl methyl sites for hydroxylation is 1. The summed E-state index contributed by atoms with van der Waals surface area (Å²) in [6.45, 7) is 9.67. The van der Waals surface area contributed by atoms with Crippen LogP contribution in [-0.2, 0) is 86.4 Å². The van der Waals surface area contributed by atoms with E-state index in [1.807, 2.05) is 28.2 Å².